The number of nitrogens with zero attached hydrogens (tertiary/aromatic N) is 6. The van der Waals surface area contributed by atoms with Gasteiger partial charge in [0, 0.05) is 43.5 Å². The van der Waals surface area contributed by atoms with Crippen molar-refractivity contribution in [3.63, 3.8) is 0 Å². The van der Waals surface area contributed by atoms with E-state index < -0.39 is 11.2 Å². The molecule has 0 atom stereocenters. The first-order chi connectivity index (χ1) is 17.7. The van der Waals surface area contributed by atoms with Gasteiger partial charge in [-0.05, 0) is 73.4 Å². The summed E-state index contributed by atoms with van der Waals surface area (Å²) in [5.74, 6) is 1.30. The Kier molecular flexibility index (Phi) is 6.04. The maximum Gasteiger partial charge on any atom is 0.224 e. The van der Waals surface area contributed by atoms with Gasteiger partial charge in [0.1, 0.15) is 23.2 Å². The first-order valence-electron chi connectivity index (χ1n) is 12.0. The quantitative estimate of drug-likeness (QED) is 0.506. The van der Waals surface area contributed by atoms with Gasteiger partial charge in [0.05, 0.1) is 18.0 Å². The standard InChI is InChI=1S/C28H26FN7O/c1-16-9-22(29)17(12-24(37)23-13-19(5-6-32-23)28(2,3)15-30)10-20(16)21-11-18-14-34-27(31-4)35-25(18)36-8-7-33-26(21)36/h5-6,9-11,13-14H,7-8,12H2,1-4H3,(H,31,34,35). The summed E-state index contributed by atoms with van der Waals surface area (Å²) in [7, 11) is 1.77. The van der Waals surface area contributed by atoms with Crippen LogP contribution in [0.2, 0.25) is 0 Å². The minimum atomic E-state index is -0.768. The molecule has 0 amide bonds. The number of carbonyl (C=O) groups excluding carboxylic acids is 1. The molecule has 1 aromatic carbocycles. The number of fused-ring (bicyclic) bond motifs is 3. The number of Topliss-reactive ketones (excluding diaryl/α,β-unsaturated/α-hetero) is 1. The van der Waals surface area contributed by atoms with Crippen LogP contribution in [0, 0.1) is 24.1 Å². The summed E-state index contributed by atoms with van der Waals surface area (Å²) in [5, 5.41) is 12.4. The van der Waals surface area contributed by atoms with Crippen molar-refractivity contribution in [1.29, 1.82) is 5.26 Å². The topological polar surface area (TPSA) is 107 Å². The fourth-order valence-electron chi connectivity index (χ4n) is 4.57. The van der Waals surface area contributed by atoms with Crippen LogP contribution in [0.15, 0.2) is 41.7 Å². The molecule has 8 nitrogen and oxygen atoms in total. The molecule has 2 aromatic heterocycles. The Hall–Kier alpha value is -4.45. The lowest BCUT2D eigenvalue weighted by atomic mass is 9.86. The number of ketones is 1. The van der Waals surface area contributed by atoms with Gasteiger partial charge in [-0.1, -0.05) is 0 Å². The number of benzene rings is 1. The van der Waals surface area contributed by atoms with Gasteiger partial charge in [-0.3, -0.25) is 14.8 Å². The molecule has 0 saturated carbocycles. The van der Waals surface area contributed by atoms with Crippen LogP contribution in [0.1, 0.15) is 52.2 Å². The minimum Gasteiger partial charge on any atom is -0.357 e. The van der Waals surface area contributed by atoms with Crippen LogP contribution >= 0.6 is 0 Å². The summed E-state index contributed by atoms with van der Waals surface area (Å²) in [6, 6.07) is 8.75. The maximum absolute atomic E-state index is 15.1. The van der Waals surface area contributed by atoms with E-state index in [1.165, 1.54) is 12.3 Å². The molecule has 0 fully saturated rings. The van der Waals surface area contributed by atoms with Crippen molar-refractivity contribution >= 4 is 35.0 Å². The molecule has 3 aromatic rings. The molecule has 0 aliphatic carbocycles. The molecule has 1 N–H and O–H groups in total. The third-order valence-electron chi connectivity index (χ3n) is 6.74. The second kappa shape index (κ2) is 9.21. The summed E-state index contributed by atoms with van der Waals surface area (Å²) >= 11 is 0. The van der Waals surface area contributed by atoms with Crippen LogP contribution in [0.5, 0.6) is 0 Å². The average Bonchev–Trinajstić information content (AvgIpc) is 3.40. The van der Waals surface area contributed by atoms with Gasteiger partial charge in [-0.25, -0.2) is 9.37 Å². The highest BCUT2D eigenvalue weighted by Gasteiger charge is 2.31. The smallest absolute Gasteiger partial charge is 0.224 e. The molecule has 9 heteroatoms. The first-order valence-corrected chi connectivity index (χ1v) is 12.0. The fourth-order valence-corrected chi connectivity index (χ4v) is 4.57. The number of halogens is 1. The number of nitrogens with one attached hydrogen (secondary N) is 1. The Labute approximate surface area is 214 Å². The SMILES string of the molecule is CNc1ncc2c(n1)N1CCN=C1C(c1cc(CC(=O)c3cc(C(C)(C)C#N)ccn3)c(F)cc1C)=C2. The summed E-state index contributed by atoms with van der Waals surface area (Å²) in [6.45, 7) is 6.70. The second-order valence-corrected chi connectivity index (χ2v) is 9.66. The highest BCUT2D eigenvalue weighted by molar-refractivity contribution is 6.35. The van der Waals surface area contributed by atoms with Crippen LogP contribution in [-0.4, -0.2) is 46.7 Å². The van der Waals surface area contributed by atoms with Crippen LogP contribution in [-0.2, 0) is 11.8 Å². The summed E-state index contributed by atoms with van der Waals surface area (Å²) in [5.41, 5.74) is 3.62. The normalized spacial score (nSPS) is 14.3. The number of pyridine rings is 1. The monoisotopic (exact) mass is 495 g/mol. The Morgan fingerprint density at radius 2 is 2.08 bits per heavy atom. The van der Waals surface area contributed by atoms with E-state index in [4.69, 9.17) is 4.99 Å². The highest BCUT2D eigenvalue weighted by atomic mass is 19.1. The third kappa shape index (κ3) is 4.35. The van der Waals surface area contributed by atoms with E-state index in [-0.39, 0.29) is 23.5 Å². The molecule has 5 rings (SSSR count). The van der Waals surface area contributed by atoms with Crippen LogP contribution < -0.4 is 10.2 Å². The molecule has 0 saturated heterocycles. The van der Waals surface area contributed by atoms with Crippen LogP contribution in [0.25, 0.3) is 11.6 Å². The number of aryl methyl sites for hydroxylation is 1. The Balaban J connectivity index is 1.52. The second-order valence-electron chi connectivity index (χ2n) is 9.66. The number of nitriles is 1. The van der Waals surface area contributed by atoms with Crippen molar-refractivity contribution in [2.75, 3.05) is 30.4 Å². The lowest BCUT2D eigenvalue weighted by molar-refractivity contribution is 0.0987. The van der Waals surface area contributed by atoms with Crippen molar-refractivity contribution in [3.8, 4) is 6.07 Å². The first kappa shape index (κ1) is 24.3. The molecular weight excluding hydrogens is 469 g/mol. The van der Waals surface area contributed by atoms with Crippen molar-refractivity contribution in [2.45, 2.75) is 32.6 Å². The van der Waals surface area contributed by atoms with Gasteiger partial charge in [-0.15, -0.1) is 0 Å². The van der Waals surface area contributed by atoms with E-state index in [9.17, 15) is 10.1 Å². The van der Waals surface area contributed by atoms with Crippen molar-refractivity contribution in [1.82, 2.24) is 15.0 Å². The van der Waals surface area contributed by atoms with Crippen LogP contribution in [0.3, 0.4) is 0 Å². The van der Waals surface area contributed by atoms with Gasteiger partial charge in [0.2, 0.25) is 5.95 Å². The minimum absolute atomic E-state index is 0.156. The lowest BCUT2D eigenvalue weighted by Gasteiger charge is -2.28. The van der Waals surface area contributed by atoms with E-state index in [0.29, 0.717) is 24.6 Å². The van der Waals surface area contributed by atoms with E-state index in [2.05, 4.69) is 26.3 Å². The van der Waals surface area contributed by atoms with Gasteiger partial charge >= 0.3 is 0 Å². The zero-order valence-corrected chi connectivity index (χ0v) is 21.1. The highest BCUT2D eigenvalue weighted by Crippen LogP contribution is 2.37. The zero-order valence-electron chi connectivity index (χ0n) is 21.1. The Morgan fingerprint density at radius 1 is 1.27 bits per heavy atom. The van der Waals surface area contributed by atoms with E-state index in [1.807, 2.05) is 17.9 Å². The number of aliphatic imine (C=N–C) groups is 1. The number of rotatable bonds is 6. The number of carbonyl (C=O) groups is 1. The molecule has 186 valence electrons. The molecule has 0 bridgehead atoms. The molecule has 0 unspecified atom stereocenters. The van der Waals surface area contributed by atoms with Gasteiger partial charge in [-0.2, -0.15) is 10.2 Å². The summed E-state index contributed by atoms with van der Waals surface area (Å²) in [4.78, 5) is 33.0. The number of hydrogen-bond donors (Lipinski definition) is 1. The fraction of sp³-hybridized carbons (Fsp3) is 0.286. The molecular formula is C28H26FN7O. The largest absolute Gasteiger partial charge is 0.357 e. The summed E-state index contributed by atoms with van der Waals surface area (Å²) in [6.07, 6.45) is 5.08. The van der Waals surface area contributed by atoms with E-state index in [0.717, 1.165) is 33.9 Å². The van der Waals surface area contributed by atoms with Gasteiger partial charge in [0.25, 0.3) is 0 Å². The molecule has 2 aliphatic rings. The Morgan fingerprint density at radius 3 is 2.84 bits per heavy atom. The molecule has 0 radical (unpaired) electrons. The number of anilines is 2. The molecule has 37 heavy (non-hydrogen) atoms. The third-order valence-corrected chi connectivity index (χ3v) is 6.74. The Bertz CT molecular complexity index is 1530. The predicted molar refractivity (Wildman–Crippen MR) is 141 cm³/mol. The van der Waals surface area contributed by atoms with Crippen molar-refractivity contribution in [2.24, 2.45) is 4.99 Å². The van der Waals surface area contributed by atoms with Gasteiger partial charge in [0.15, 0.2) is 5.78 Å². The number of hydrogen-bond acceptors (Lipinski definition) is 8. The van der Waals surface area contributed by atoms with E-state index in [1.54, 1.807) is 45.3 Å². The number of amidine groups is 1. The van der Waals surface area contributed by atoms with Crippen LogP contribution in [0.4, 0.5) is 16.2 Å². The maximum atomic E-state index is 15.1. The lowest BCUT2D eigenvalue weighted by Crippen LogP contribution is -2.32. The molecule has 2 aliphatic heterocycles. The average molecular weight is 496 g/mol. The molecule has 4 heterocycles. The van der Waals surface area contributed by atoms with E-state index >= 15 is 4.39 Å². The zero-order chi connectivity index (χ0) is 26.3. The number of aromatic nitrogens is 3. The van der Waals surface area contributed by atoms with Gasteiger partial charge < -0.3 is 10.2 Å². The summed E-state index contributed by atoms with van der Waals surface area (Å²) < 4.78 is 15.1. The van der Waals surface area contributed by atoms with Crippen molar-refractivity contribution in [3.05, 3.63) is 76.0 Å². The predicted octanol–water partition coefficient (Wildman–Crippen LogP) is 4.36. The van der Waals surface area contributed by atoms with Crippen molar-refractivity contribution < 1.29 is 9.18 Å². The molecule has 0 spiro atoms.